The molecule has 0 atom stereocenters. The second-order valence-electron chi connectivity index (χ2n) is 3.08. The molecule has 78 valence electrons. The summed E-state index contributed by atoms with van der Waals surface area (Å²) in [5.41, 5.74) is 1.52. The Morgan fingerprint density at radius 2 is 1.93 bits per heavy atom. The Labute approximate surface area is 97.0 Å². The quantitative estimate of drug-likeness (QED) is 0.721. The van der Waals surface area contributed by atoms with Crippen LogP contribution in [0.1, 0.15) is 5.69 Å². The molecular weight excluding hydrogens is 235 g/mol. The number of ether oxygens (including phenoxy) is 1. The van der Waals surface area contributed by atoms with Gasteiger partial charge in [0.2, 0.25) is 0 Å². The van der Waals surface area contributed by atoms with Gasteiger partial charge < -0.3 is 4.74 Å². The maximum absolute atomic E-state index is 5.95. The predicted molar refractivity (Wildman–Crippen MR) is 60.8 cm³/mol. The first kappa shape index (κ1) is 10.5. The van der Waals surface area contributed by atoms with Gasteiger partial charge in [0.25, 0.3) is 0 Å². The van der Waals surface area contributed by atoms with Crippen LogP contribution in [0.4, 0.5) is 0 Å². The zero-order valence-corrected chi connectivity index (χ0v) is 9.73. The third kappa shape index (κ3) is 1.85. The zero-order valence-electron chi connectivity index (χ0n) is 8.21. The third-order valence-corrected chi connectivity index (χ3v) is 2.58. The second-order valence-corrected chi connectivity index (χ2v) is 3.82. The van der Waals surface area contributed by atoms with Gasteiger partial charge in [-0.25, -0.2) is 9.97 Å². The van der Waals surface area contributed by atoms with E-state index in [1.807, 2.05) is 13.0 Å². The Hall–Kier alpha value is -1.06. The molecule has 0 N–H and O–H groups in total. The van der Waals surface area contributed by atoms with Gasteiger partial charge in [-0.1, -0.05) is 23.2 Å². The van der Waals surface area contributed by atoms with Crippen LogP contribution in [0.3, 0.4) is 0 Å². The van der Waals surface area contributed by atoms with E-state index in [4.69, 9.17) is 27.9 Å². The first-order chi connectivity index (χ1) is 7.11. The number of rotatable bonds is 1. The lowest BCUT2D eigenvalue weighted by atomic mass is 10.2. The van der Waals surface area contributed by atoms with Crippen molar-refractivity contribution >= 4 is 34.1 Å². The normalized spacial score (nSPS) is 10.7. The van der Waals surface area contributed by atoms with Crippen LogP contribution < -0.4 is 4.74 Å². The molecular formula is C10H8Cl2N2O. The summed E-state index contributed by atoms with van der Waals surface area (Å²) >= 11 is 11.7. The molecule has 0 fully saturated rings. The fourth-order valence-corrected chi connectivity index (χ4v) is 1.86. The van der Waals surface area contributed by atoms with Crippen molar-refractivity contribution in [2.45, 2.75) is 6.92 Å². The third-order valence-electron chi connectivity index (χ3n) is 2.10. The van der Waals surface area contributed by atoms with Crippen molar-refractivity contribution in [3.63, 3.8) is 0 Å². The van der Waals surface area contributed by atoms with Crippen LogP contribution in [0.2, 0.25) is 10.3 Å². The van der Waals surface area contributed by atoms with Gasteiger partial charge in [-0.05, 0) is 13.0 Å². The van der Waals surface area contributed by atoms with Gasteiger partial charge >= 0.3 is 0 Å². The highest BCUT2D eigenvalue weighted by molar-refractivity contribution is 6.36. The smallest absolute Gasteiger partial charge is 0.140 e. The Balaban J connectivity index is 2.81. The Morgan fingerprint density at radius 3 is 2.60 bits per heavy atom. The van der Waals surface area contributed by atoms with E-state index in [1.165, 1.54) is 0 Å². The van der Waals surface area contributed by atoms with E-state index >= 15 is 0 Å². The van der Waals surface area contributed by atoms with Crippen molar-refractivity contribution in [1.82, 2.24) is 9.97 Å². The average molecular weight is 243 g/mol. The molecule has 0 unspecified atom stereocenters. The lowest BCUT2D eigenvalue weighted by molar-refractivity contribution is 0.410. The number of methoxy groups -OCH3 is 1. The molecule has 0 aromatic carbocycles. The van der Waals surface area contributed by atoms with Crippen LogP contribution in [-0.4, -0.2) is 17.1 Å². The molecule has 5 heteroatoms. The molecule has 15 heavy (non-hydrogen) atoms. The molecule has 0 aliphatic carbocycles. The number of hydrogen-bond donors (Lipinski definition) is 0. The van der Waals surface area contributed by atoms with Gasteiger partial charge in [-0.3, -0.25) is 0 Å². The summed E-state index contributed by atoms with van der Waals surface area (Å²) in [6.45, 7) is 1.86. The molecule has 3 nitrogen and oxygen atoms in total. The lowest BCUT2D eigenvalue weighted by Gasteiger charge is -2.06. The number of hydrogen-bond acceptors (Lipinski definition) is 3. The number of aromatic nitrogens is 2. The molecule has 2 aromatic rings. The van der Waals surface area contributed by atoms with E-state index in [2.05, 4.69) is 9.97 Å². The van der Waals surface area contributed by atoms with Gasteiger partial charge in [0.05, 0.1) is 18.3 Å². The van der Waals surface area contributed by atoms with E-state index in [9.17, 15) is 0 Å². The Morgan fingerprint density at radius 1 is 1.20 bits per heavy atom. The van der Waals surface area contributed by atoms with Crippen molar-refractivity contribution in [3.05, 3.63) is 28.1 Å². The first-order valence-corrected chi connectivity index (χ1v) is 5.05. The minimum Gasteiger partial charge on any atom is -0.495 e. The Bertz CT molecular complexity index is 528. The number of nitrogens with zero attached hydrogens (tertiary/aromatic N) is 2. The maximum atomic E-state index is 5.95. The van der Waals surface area contributed by atoms with Crippen LogP contribution in [0, 0.1) is 6.92 Å². The maximum Gasteiger partial charge on any atom is 0.140 e. The zero-order chi connectivity index (χ0) is 11.0. The van der Waals surface area contributed by atoms with E-state index in [1.54, 1.807) is 13.2 Å². The van der Waals surface area contributed by atoms with Crippen LogP contribution in [0.15, 0.2) is 12.1 Å². The number of aryl methyl sites for hydroxylation is 1. The summed E-state index contributed by atoms with van der Waals surface area (Å²) in [6.07, 6.45) is 0. The number of pyridine rings is 2. The van der Waals surface area contributed by atoms with Crippen molar-refractivity contribution < 1.29 is 4.74 Å². The summed E-state index contributed by atoms with van der Waals surface area (Å²) < 4.78 is 5.16. The summed E-state index contributed by atoms with van der Waals surface area (Å²) in [5.74, 6) is 0.688. The number of halogens is 2. The fourth-order valence-electron chi connectivity index (χ4n) is 1.39. The molecule has 0 amide bonds. The average Bonchev–Trinajstić information content (AvgIpc) is 2.16. The predicted octanol–water partition coefficient (Wildman–Crippen LogP) is 3.25. The molecule has 2 heterocycles. The van der Waals surface area contributed by atoms with Gasteiger partial charge in [0, 0.05) is 11.5 Å². The van der Waals surface area contributed by atoms with Crippen LogP contribution in [0.25, 0.3) is 10.9 Å². The lowest BCUT2D eigenvalue weighted by Crippen LogP contribution is -1.93. The minimum absolute atomic E-state index is 0.336. The molecule has 0 aliphatic rings. The van der Waals surface area contributed by atoms with E-state index in [0.29, 0.717) is 16.1 Å². The largest absolute Gasteiger partial charge is 0.495 e. The molecule has 2 aromatic heterocycles. The van der Waals surface area contributed by atoms with E-state index < -0.39 is 0 Å². The molecule has 2 rings (SSSR count). The highest BCUT2D eigenvalue weighted by atomic mass is 35.5. The highest BCUT2D eigenvalue weighted by Crippen LogP contribution is 2.28. The van der Waals surface area contributed by atoms with Gasteiger partial charge in [-0.2, -0.15) is 0 Å². The van der Waals surface area contributed by atoms with Crippen LogP contribution >= 0.6 is 23.2 Å². The van der Waals surface area contributed by atoms with Crippen molar-refractivity contribution in [2.75, 3.05) is 7.11 Å². The standard InChI is InChI=1S/C10H8Cl2N2O/c1-5-8(15-2)3-6-7(13-5)4-9(11)14-10(6)12/h3-4H,1-2H3. The SMILES string of the molecule is COc1cc2c(Cl)nc(Cl)cc2nc1C. The van der Waals surface area contributed by atoms with E-state index in [-0.39, 0.29) is 0 Å². The molecule has 0 radical (unpaired) electrons. The van der Waals surface area contributed by atoms with Gasteiger partial charge in [0.15, 0.2) is 0 Å². The number of fused-ring (bicyclic) bond motifs is 1. The second kappa shape index (κ2) is 3.83. The summed E-state index contributed by atoms with van der Waals surface area (Å²) in [5, 5.41) is 1.41. The molecule has 0 saturated heterocycles. The molecule has 0 spiro atoms. The van der Waals surface area contributed by atoms with Crippen molar-refractivity contribution in [1.29, 1.82) is 0 Å². The van der Waals surface area contributed by atoms with Crippen molar-refractivity contribution in [3.8, 4) is 5.75 Å². The van der Waals surface area contributed by atoms with E-state index in [0.717, 1.165) is 16.6 Å². The summed E-state index contributed by atoms with van der Waals surface area (Å²) in [4.78, 5) is 8.28. The van der Waals surface area contributed by atoms with Crippen LogP contribution in [-0.2, 0) is 0 Å². The molecule has 0 bridgehead atoms. The topological polar surface area (TPSA) is 35.0 Å². The molecule has 0 aliphatic heterocycles. The minimum atomic E-state index is 0.336. The Kier molecular flexibility index (Phi) is 2.67. The summed E-state index contributed by atoms with van der Waals surface area (Å²) in [6, 6.07) is 3.48. The fraction of sp³-hybridized carbons (Fsp3) is 0.200. The highest BCUT2D eigenvalue weighted by Gasteiger charge is 2.08. The van der Waals surface area contributed by atoms with Gasteiger partial charge in [-0.15, -0.1) is 0 Å². The summed E-state index contributed by atoms with van der Waals surface area (Å²) in [7, 11) is 1.59. The van der Waals surface area contributed by atoms with Gasteiger partial charge in [0.1, 0.15) is 16.1 Å². The van der Waals surface area contributed by atoms with Crippen LogP contribution in [0.5, 0.6) is 5.75 Å². The van der Waals surface area contributed by atoms with Crippen molar-refractivity contribution in [2.24, 2.45) is 0 Å². The monoisotopic (exact) mass is 242 g/mol. The first-order valence-electron chi connectivity index (χ1n) is 4.29. The molecule has 0 saturated carbocycles.